The molecule has 0 saturated heterocycles. The van der Waals surface area contributed by atoms with Crippen LogP contribution >= 0.6 is 0 Å². The van der Waals surface area contributed by atoms with Gasteiger partial charge in [-0.2, -0.15) is 0 Å². The number of benzene rings is 2. The number of sulfonamides is 1. The first-order valence-electron chi connectivity index (χ1n) is 7.83. The molecule has 0 spiro atoms. The second-order valence-electron chi connectivity index (χ2n) is 5.40. The van der Waals surface area contributed by atoms with Gasteiger partial charge in [-0.05, 0) is 42.0 Å². The molecule has 2 aromatic carbocycles. The van der Waals surface area contributed by atoms with Crippen molar-refractivity contribution in [1.29, 1.82) is 0 Å². The molecule has 0 heterocycles. The van der Waals surface area contributed by atoms with Crippen LogP contribution in [0, 0.1) is 0 Å². The van der Waals surface area contributed by atoms with Gasteiger partial charge in [0.2, 0.25) is 10.0 Å². The van der Waals surface area contributed by atoms with Crippen molar-refractivity contribution in [2.75, 3.05) is 6.54 Å². The lowest BCUT2D eigenvalue weighted by Crippen LogP contribution is -2.24. The van der Waals surface area contributed by atoms with E-state index in [0.717, 1.165) is 12.1 Å². The van der Waals surface area contributed by atoms with Crippen LogP contribution in [0.2, 0.25) is 0 Å². The number of hydrogen-bond acceptors (Lipinski definition) is 4. The third-order valence-electron chi connectivity index (χ3n) is 3.37. The van der Waals surface area contributed by atoms with Crippen molar-refractivity contribution in [1.82, 2.24) is 10.0 Å². The van der Waals surface area contributed by atoms with E-state index in [2.05, 4.69) is 14.8 Å². The van der Waals surface area contributed by atoms with Crippen molar-refractivity contribution in [3.05, 3.63) is 59.7 Å². The lowest BCUT2D eigenvalue weighted by molar-refractivity contribution is -0.274. The number of ether oxygens (including phenoxy) is 1. The van der Waals surface area contributed by atoms with Crippen molar-refractivity contribution in [2.24, 2.45) is 0 Å². The van der Waals surface area contributed by atoms with Crippen LogP contribution in [-0.4, -0.2) is 27.2 Å². The largest absolute Gasteiger partial charge is 0.573 e. The summed E-state index contributed by atoms with van der Waals surface area (Å²) in [6.07, 6.45) is -4.76. The quantitative estimate of drug-likeness (QED) is 0.746. The molecular weight excluding hydrogens is 385 g/mol. The number of carbonyl (C=O) groups is 1. The summed E-state index contributed by atoms with van der Waals surface area (Å²) in [6.45, 7) is 1.99. The fraction of sp³-hybridized carbons (Fsp3) is 0.235. The molecule has 0 atom stereocenters. The third kappa shape index (κ3) is 6.26. The number of carbonyl (C=O) groups excluding carboxylic acids is 1. The topological polar surface area (TPSA) is 84.5 Å². The van der Waals surface area contributed by atoms with Gasteiger partial charge in [-0.1, -0.05) is 19.1 Å². The molecule has 0 fully saturated rings. The predicted molar refractivity (Wildman–Crippen MR) is 91.6 cm³/mol. The molecule has 146 valence electrons. The van der Waals surface area contributed by atoms with Crippen molar-refractivity contribution in [2.45, 2.75) is 24.7 Å². The summed E-state index contributed by atoms with van der Waals surface area (Å²) in [7, 11) is -3.60. The lowest BCUT2D eigenvalue weighted by Gasteiger charge is -2.10. The maximum absolute atomic E-state index is 12.1. The van der Waals surface area contributed by atoms with Gasteiger partial charge in [0.1, 0.15) is 5.75 Å². The summed E-state index contributed by atoms with van der Waals surface area (Å²) >= 11 is 0. The first-order chi connectivity index (χ1) is 12.6. The van der Waals surface area contributed by atoms with Gasteiger partial charge in [0.05, 0.1) is 4.90 Å². The molecule has 0 radical (unpaired) electrons. The number of halogens is 3. The molecule has 1 amide bonds. The first-order valence-corrected chi connectivity index (χ1v) is 9.31. The monoisotopic (exact) mass is 402 g/mol. The maximum atomic E-state index is 12.1. The highest BCUT2D eigenvalue weighted by molar-refractivity contribution is 7.89. The summed E-state index contributed by atoms with van der Waals surface area (Å²) in [5.41, 5.74) is 0.826. The van der Waals surface area contributed by atoms with Gasteiger partial charge in [0.15, 0.2) is 0 Å². The molecule has 0 unspecified atom stereocenters. The zero-order valence-corrected chi connectivity index (χ0v) is 15.0. The van der Waals surface area contributed by atoms with Gasteiger partial charge >= 0.3 is 6.36 Å². The van der Waals surface area contributed by atoms with Gasteiger partial charge in [-0.25, -0.2) is 13.1 Å². The Bertz CT molecular complexity index is 880. The average molecular weight is 402 g/mol. The van der Waals surface area contributed by atoms with E-state index in [1.54, 1.807) is 6.92 Å². The molecule has 2 N–H and O–H groups in total. The van der Waals surface area contributed by atoms with E-state index in [4.69, 9.17) is 0 Å². The van der Waals surface area contributed by atoms with Gasteiger partial charge < -0.3 is 10.1 Å². The Morgan fingerprint density at radius 1 is 1.04 bits per heavy atom. The SMILES string of the molecule is CCNS(=O)(=O)c1ccc(C(=O)NCc2ccc(OC(F)(F)F)cc2)cc1. The molecular formula is C17H17F3N2O4S. The molecule has 0 aromatic heterocycles. The highest BCUT2D eigenvalue weighted by Crippen LogP contribution is 2.22. The van der Waals surface area contributed by atoms with E-state index in [1.165, 1.54) is 36.4 Å². The van der Waals surface area contributed by atoms with E-state index in [-0.39, 0.29) is 29.3 Å². The lowest BCUT2D eigenvalue weighted by atomic mass is 10.2. The molecule has 0 aliphatic heterocycles. The molecule has 6 nitrogen and oxygen atoms in total. The summed E-state index contributed by atoms with van der Waals surface area (Å²) in [5.74, 6) is -0.798. The van der Waals surface area contributed by atoms with Crippen LogP contribution in [0.3, 0.4) is 0 Å². The Hall–Kier alpha value is -2.59. The summed E-state index contributed by atoms with van der Waals surface area (Å²) in [6, 6.07) is 10.5. The zero-order valence-electron chi connectivity index (χ0n) is 14.2. The Labute approximate surface area is 154 Å². The zero-order chi connectivity index (χ0) is 20.1. The summed E-state index contributed by atoms with van der Waals surface area (Å²) in [5, 5.41) is 2.60. The Kier molecular flexibility index (Phi) is 6.45. The Balaban J connectivity index is 1.96. The molecule has 2 aromatic rings. The molecule has 0 aliphatic carbocycles. The predicted octanol–water partition coefficient (Wildman–Crippen LogP) is 2.81. The van der Waals surface area contributed by atoms with E-state index >= 15 is 0 Å². The van der Waals surface area contributed by atoms with E-state index in [1.807, 2.05) is 0 Å². The summed E-state index contributed by atoms with van der Waals surface area (Å²) < 4.78 is 66.1. The van der Waals surface area contributed by atoms with Crippen LogP contribution in [0.4, 0.5) is 13.2 Å². The highest BCUT2D eigenvalue weighted by atomic mass is 32.2. The number of alkyl halides is 3. The standard InChI is InChI=1S/C17H17F3N2O4S/c1-2-22-27(24,25)15-9-5-13(6-10-15)16(23)21-11-12-3-7-14(8-4-12)26-17(18,19)20/h3-10,22H,2,11H2,1H3,(H,21,23). The average Bonchev–Trinajstić information content (AvgIpc) is 2.59. The molecule has 27 heavy (non-hydrogen) atoms. The molecule has 0 aliphatic rings. The molecule has 2 rings (SSSR count). The van der Waals surface area contributed by atoms with Crippen LogP contribution < -0.4 is 14.8 Å². The van der Waals surface area contributed by atoms with Gasteiger partial charge in [-0.15, -0.1) is 13.2 Å². The second-order valence-corrected chi connectivity index (χ2v) is 7.17. The maximum Gasteiger partial charge on any atom is 0.573 e. The number of rotatable bonds is 7. The van der Waals surface area contributed by atoms with Crippen LogP contribution in [0.1, 0.15) is 22.8 Å². The first kappa shape index (κ1) is 20.7. The van der Waals surface area contributed by atoms with Gasteiger partial charge in [-0.3, -0.25) is 4.79 Å². The van der Waals surface area contributed by atoms with Crippen molar-refractivity contribution in [3.8, 4) is 5.75 Å². The van der Waals surface area contributed by atoms with Crippen molar-refractivity contribution < 1.29 is 31.1 Å². The van der Waals surface area contributed by atoms with Crippen LogP contribution in [-0.2, 0) is 16.6 Å². The van der Waals surface area contributed by atoms with E-state index < -0.39 is 22.3 Å². The number of nitrogens with one attached hydrogen (secondary N) is 2. The van der Waals surface area contributed by atoms with Crippen molar-refractivity contribution in [3.63, 3.8) is 0 Å². The van der Waals surface area contributed by atoms with Gasteiger partial charge in [0.25, 0.3) is 5.91 Å². The minimum absolute atomic E-state index is 0.0427. The molecule has 10 heteroatoms. The number of hydrogen-bond donors (Lipinski definition) is 2. The smallest absolute Gasteiger partial charge is 0.406 e. The molecule has 0 saturated carbocycles. The third-order valence-corrected chi connectivity index (χ3v) is 4.93. The fourth-order valence-corrected chi connectivity index (χ4v) is 3.19. The van der Waals surface area contributed by atoms with Crippen LogP contribution in [0.15, 0.2) is 53.4 Å². The van der Waals surface area contributed by atoms with Crippen LogP contribution in [0.5, 0.6) is 5.75 Å². The fourth-order valence-electron chi connectivity index (χ4n) is 2.15. The highest BCUT2D eigenvalue weighted by Gasteiger charge is 2.30. The summed E-state index contributed by atoms with van der Waals surface area (Å²) in [4.78, 5) is 12.2. The number of amides is 1. The normalized spacial score (nSPS) is 11.9. The second kappa shape index (κ2) is 8.40. The van der Waals surface area contributed by atoms with Crippen LogP contribution in [0.25, 0.3) is 0 Å². The minimum atomic E-state index is -4.76. The molecule has 0 bridgehead atoms. The minimum Gasteiger partial charge on any atom is -0.406 e. The van der Waals surface area contributed by atoms with Crippen molar-refractivity contribution >= 4 is 15.9 Å². The van der Waals surface area contributed by atoms with E-state index in [0.29, 0.717) is 5.56 Å². The van der Waals surface area contributed by atoms with Gasteiger partial charge in [0, 0.05) is 18.7 Å². The Morgan fingerprint density at radius 2 is 1.63 bits per heavy atom. The van der Waals surface area contributed by atoms with E-state index in [9.17, 15) is 26.4 Å². The Morgan fingerprint density at radius 3 is 2.15 bits per heavy atom.